The normalized spacial score (nSPS) is 16.4. The Bertz CT molecular complexity index is 1190. The molecule has 0 radical (unpaired) electrons. The number of rotatable bonds is 5. The van der Waals surface area contributed by atoms with Gasteiger partial charge in [0.05, 0.1) is 38.6 Å². The molecule has 0 atom stereocenters. The molecule has 0 unspecified atom stereocenters. The predicted molar refractivity (Wildman–Crippen MR) is 113 cm³/mol. The molecule has 3 heterocycles. The molecule has 5 rings (SSSR count). The first-order valence-electron chi connectivity index (χ1n) is 10.7. The molecule has 8 nitrogen and oxygen atoms in total. The Balaban J connectivity index is 1.40. The van der Waals surface area contributed by atoms with Gasteiger partial charge < -0.3 is 19.2 Å². The van der Waals surface area contributed by atoms with Crippen LogP contribution in [0.1, 0.15) is 59.0 Å². The van der Waals surface area contributed by atoms with Crippen molar-refractivity contribution < 1.29 is 18.7 Å². The summed E-state index contributed by atoms with van der Waals surface area (Å²) in [7, 11) is 1.50. The quantitative estimate of drug-likeness (QED) is 0.634. The number of carbonyl (C=O) groups excluding carboxylic acids is 1. The highest BCUT2D eigenvalue weighted by molar-refractivity contribution is 5.97. The van der Waals surface area contributed by atoms with Crippen molar-refractivity contribution in [2.75, 3.05) is 13.7 Å². The fraction of sp³-hybridized carbons (Fsp3) is 0.435. The number of benzene rings is 1. The molecule has 2 aromatic heterocycles. The molecule has 3 aromatic rings. The Labute approximate surface area is 179 Å². The number of hydrogen-bond donors (Lipinski definition) is 1. The zero-order valence-corrected chi connectivity index (χ0v) is 17.5. The first kappa shape index (κ1) is 19.8. The molecule has 1 fully saturated rings. The van der Waals surface area contributed by atoms with Crippen LogP contribution in [0.2, 0.25) is 0 Å². The Morgan fingerprint density at radius 1 is 1.32 bits per heavy atom. The number of ether oxygens (including phenoxy) is 2. The molecule has 8 heteroatoms. The zero-order chi connectivity index (χ0) is 21.4. The predicted octanol–water partition coefficient (Wildman–Crippen LogP) is 3.12. The van der Waals surface area contributed by atoms with Crippen LogP contribution in [0.5, 0.6) is 5.75 Å². The van der Waals surface area contributed by atoms with E-state index >= 15 is 0 Å². The molecule has 1 amide bonds. The van der Waals surface area contributed by atoms with Crippen molar-refractivity contribution in [3.8, 4) is 5.75 Å². The van der Waals surface area contributed by atoms with E-state index in [0.717, 1.165) is 30.5 Å². The van der Waals surface area contributed by atoms with Gasteiger partial charge in [-0.25, -0.2) is 4.79 Å². The summed E-state index contributed by atoms with van der Waals surface area (Å²) in [5.41, 5.74) is 2.68. The second kappa shape index (κ2) is 8.19. The maximum atomic E-state index is 12.8. The summed E-state index contributed by atoms with van der Waals surface area (Å²) in [6.07, 6.45) is 5.57. The lowest BCUT2D eigenvalue weighted by Gasteiger charge is -2.18. The molecule has 1 saturated carbocycles. The van der Waals surface area contributed by atoms with E-state index in [2.05, 4.69) is 10.00 Å². The Morgan fingerprint density at radius 3 is 2.97 bits per heavy atom. The van der Waals surface area contributed by atoms with Gasteiger partial charge in [0.2, 0.25) is 0 Å². The van der Waals surface area contributed by atoms with Crippen molar-refractivity contribution in [2.24, 2.45) is 0 Å². The summed E-state index contributed by atoms with van der Waals surface area (Å²) in [4.78, 5) is 25.2. The number of methoxy groups -OCH3 is 1. The number of nitrogens with zero attached hydrogens (tertiary/aromatic N) is 2. The topological polar surface area (TPSA) is 95.6 Å². The minimum Gasteiger partial charge on any atom is -0.493 e. The first-order valence-corrected chi connectivity index (χ1v) is 10.7. The molecule has 1 aliphatic heterocycles. The molecule has 0 bridgehead atoms. The van der Waals surface area contributed by atoms with Crippen molar-refractivity contribution in [1.29, 1.82) is 0 Å². The third kappa shape index (κ3) is 3.61. The molecule has 31 heavy (non-hydrogen) atoms. The molecular weight excluding hydrogens is 398 g/mol. The van der Waals surface area contributed by atoms with Gasteiger partial charge in [-0.05, 0) is 25.0 Å². The van der Waals surface area contributed by atoms with Crippen LogP contribution in [0, 0.1) is 0 Å². The highest BCUT2D eigenvalue weighted by atomic mass is 16.5. The molecule has 162 valence electrons. The third-order valence-electron chi connectivity index (χ3n) is 6.21. The van der Waals surface area contributed by atoms with Gasteiger partial charge in [0.1, 0.15) is 5.56 Å². The van der Waals surface area contributed by atoms with Crippen LogP contribution >= 0.6 is 0 Å². The van der Waals surface area contributed by atoms with Gasteiger partial charge in [-0.1, -0.05) is 25.0 Å². The highest BCUT2D eigenvalue weighted by Crippen LogP contribution is 2.33. The Morgan fingerprint density at radius 2 is 2.16 bits per heavy atom. The number of amides is 1. The van der Waals surface area contributed by atoms with Crippen molar-refractivity contribution in [1.82, 2.24) is 15.1 Å². The maximum Gasteiger partial charge on any atom is 0.349 e. The van der Waals surface area contributed by atoms with Crippen LogP contribution in [0.25, 0.3) is 11.0 Å². The van der Waals surface area contributed by atoms with E-state index in [1.54, 1.807) is 18.2 Å². The summed E-state index contributed by atoms with van der Waals surface area (Å²) >= 11 is 0. The fourth-order valence-electron chi connectivity index (χ4n) is 4.62. The van der Waals surface area contributed by atoms with E-state index in [1.165, 1.54) is 31.7 Å². The fourth-order valence-corrected chi connectivity index (χ4v) is 4.62. The van der Waals surface area contributed by atoms with E-state index in [4.69, 9.17) is 19.0 Å². The largest absolute Gasteiger partial charge is 0.493 e. The van der Waals surface area contributed by atoms with E-state index < -0.39 is 11.5 Å². The maximum absolute atomic E-state index is 12.8. The number of carbonyl (C=O) groups is 1. The number of aromatic nitrogens is 2. The molecule has 1 aromatic carbocycles. The van der Waals surface area contributed by atoms with E-state index in [0.29, 0.717) is 36.0 Å². The Kier molecular flexibility index (Phi) is 5.23. The summed E-state index contributed by atoms with van der Waals surface area (Å²) < 4.78 is 18.4. The van der Waals surface area contributed by atoms with Crippen molar-refractivity contribution >= 4 is 16.9 Å². The van der Waals surface area contributed by atoms with Gasteiger partial charge in [0.15, 0.2) is 11.3 Å². The lowest BCUT2D eigenvalue weighted by Crippen LogP contribution is -2.28. The Hall–Kier alpha value is -3.13. The zero-order valence-electron chi connectivity index (χ0n) is 17.5. The van der Waals surface area contributed by atoms with Crippen LogP contribution in [-0.2, 0) is 24.3 Å². The lowest BCUT2D eigenvalue weighted by molar-refractivity contribution is 0.0943. The molecule has 0 spiro atoms. The van der Waals surface area contributed by atoms with Crippen molar-refractivity contribution in [2.45, 2.75) is 51.3 Å². The van der Waals surface area contributed by atoms with Gasteiger partial charge in [-0.2, -0.15) is 5.10 Å². The molecular formula is C23H25N3O5. The number of hydrogen-bond acceptors (Lipinski definition) is 6. The first-order chi connectivity index (χ1) is 15.2. The second-order valence-electron chi connectivity index (χ2n) is 8.07. The van der Waals surface area contributed by atoms with Crippen molar-refractivity contribution in [3.63, 3.8) is 0 Å². The monoisotopic (exact) mass is 423 g/mol. The van der Waals surface area contributed by atoms with E-state index in [1.807, 2.05) is 0 Å². The lowest BCUT2D eigenvalue weighted by atomic mass is 10.1. The van der Waals surface area contributed by atoms with Crippen molar-refractivity contribution in [3.05, 3.63) is 57.2 Å². The van der Waals surface area contributed by atoms with Crippen LogP contribution in [0.4, 0.5) is 0 Å². The van der Waals surface area contributed by atoms with Gasteiger partial charge in [-0.15, -0.1) is 0 Å². The SMILES string of the molecule is COc1cccc2cc(C(=O)NCc3nn(C4CCCC4)c4c3COCC4)c(=O)oc12. The number of nitrogens with one attached hydrogen (secondary N) is 1. The molecule has 0 saturated heterocycles. The number of fused-ring (bicyclic) bond motifs is 2. The van der Waals surface area contributed by atoms with Crippen LogP contribution in [0.3, 0.4) is 0 Å². The highest BCUT2D eigenvalue weighted by Gasteiger charge is 2.27. The van der Waals surface area contributed by atoms with Gasteiger partial charge in [0.25, 0.3) is 5.91 Å². The van der Waals surface area contributed by atoms with Crippen LogP contribution in [0.15, 0.2) is 33.5 Å². The molecule has 1 N–H and O–H groups in total. The minimum absolute atomic E-state index is 0.0407. The van der Waals surface area contributed by atoms with E-state index in [9.17, 15) is 9.59 Å². The number of para-hydroxylation sites is 1. The van der Waals surface area contributed by atoms with Gasteiger partial charge >= 0.3 is 5.63 Å². The average Bonchev–Trinajstić information content (AvgIpc) is 3.44. The van der Waals surface area contributed by atoms with Crippen LogP contribution < -0.4 is 15.7 Å². The minimum atomic E-state index is -0.698. The molecule has 2 aliphatic rings. The smallest absolute Gasteiger partial charge is 0.349 e. The standard InChI is InChI=1S/C23H25N3O5/c1-29-20-8-4-5-14-11-16(23(28)31-21(14)20)22(27)24-12-18-17-13-30-10-9-19(17)26(25-18)15-6-2-3-7-15/h4-5,8,11,15H,2-3,6-7,9-10,12-13H2,1H3,(H,24,27). The second-order valence-corrected chi connectivity index (χ2v) is 8.07. The third-order valence-corrected chi connectivity index (χ3v) is 6.21. The van der Waals surface area contributed by atoms with Crippen LogP contribution in [-0.4, -0.2) is 29.4 Å². The summed E-state index contributed by atoms with van der Waals surface area (Å²) in [6, 6.07) is 7.23. The summed E-state index contributed by atoms with van der Waals surface area (Å²) in [5.74, 6) is -0.0370. The summed E-state index contributed by atoms with van der Waals surface area (Å²) in [5, 5.41) is 8.31. The average molecular weight is 423 g/mol. The molecule has 1 aliphatic carbocycles. The summed E-state index contributed by atoms with van der Waals surface area (Å²) in [6.45, 7) is 1.43. The van der Waals surface area contributed by atoms with Gasteiger partial charge in [0, 0.05) is 23.1 Å². The van der Waals surface area contributed by atoms with Gasteiger partial charge in [-0.3, -0.25) is 9.48 Å². The van der Waals surface area contributed by atoms with E-state index in [-0.39, 0.29) is 12.1 Å².